The van der Waals surface area contributed by atoms with E-state index in [0.717, 1.165) is 5.56 Å². The smallest absolute Gasteiger partial charge is 0.249 e. The molecule has 0 unspecified atom stereocenters. The predicted octanol–water partition coefficient (Wildman–Crippen LogP) is 2.47. The van der Waals surface area contributed by atoms with Gasteiger partial charge in [-0.3, -0.25) is 14.9 Å². The van der Waals surface area contributed by atoms with Crippen molar-refractivity contribution in [1.82, 2.24) is 19.5 Å². The van der Waals surface area contributed by atoms with Crippen LogP contribution >= 0.6 is 0 Å². The molecule has 1 aromatic carbocycles. The van der Waals surface area contributed by atoms with Crippen molar-refractivity contribution in [2.45, 2.75) is 24.9 Å². The van der Waals surface area contributed by atoms with Gasteiger partial charge >= 0.3 is 0 Å². The van der Waals surface area contributed by atoms with E-state index < -0.39 is 10.0 Å². The van der Waals surface area contributed by atoms with Crippen LogP contribution in [0.5, 0.6) is 0 Å². The third-order valence-corrected chi connectivity index (χ3v) is 6.66. The highest BCUT2D eigenvalue weighted by Gasteiger charge is 2.34. The maximum atomic E-state index is 13.0. The quantitative estimate of drug-likeness (QED) is 0.630. The Kier molecular flexibility index (Phi) is 4.99. The van der Waals surface area contributed by atoms with Gasteiger partial charge in [-0.15, -0.1) is 0 Å². The zero-order valence-electron chi connectivity index (χ0n) is 15.7. The Morgan fingerprint density at radius 1 is 1.17 bits per heavy atom. The van der Waals surface area contributed by atoms with Crippen LogP contribution in [0.1, 0.15) is 22.4 Å². The number of benzene rings is 1. The molecule has 0 spiro atoms. The predicted molar refractivity (Wildman–Crippen MR) is 108 cm³/mol. The summed E-state index contributed by atoms with van der Waals surface area (Å²) >= 11 is 0. The van der Waals surface area contributed by atoms with Gasteiger partial charge in [-0.05, 0) is 42.3 Å². The average molecular weight is 409 g/mol. The Bertz CT molecular complexity index is 1190. The number of fused-ring (bicyclic) bond motifs is 1. The number of hydrogen-bond donors (Lipinski definition) is 2. The molecule has 148 valence electrons. The normalized spacial score (nSPS) is 14.2. The number of nitrogens with one attached hydrogen (secondary N) is 2. The largest absolute Gasteiger partial charge is 0.307 e. The van der Waals surface area contributed by atoms with E-state index in [-0.39, 0.29) is 23.9 Å². The van der Waals surface area contributed by atoms with Crippen LogP contribution in [0, 0.1) is 6.92 Å². The number of hydrogen-bond acceptors (Lipinski definition) is 5. The van der Waals surface area contributed by atoms with Crippen molar-refractivity contribution in [2.75, 3.05) is 5.32 Å². The molecule has 2 aromatic heterocycles. The summed E-state index contributed by atoms with van der Waals surface area (Å²) in [6, 6.07) is 10.4. The molecule has 0 fully saturated rings. The highest BCUT2D eigenvalue weighted by atomic mass is 32.2. The number of amides is 1. The van der Waals surface area contributed by atoms with E-state index in [9.17, 15) is 13.2 Å². The second-order valence-corrected chi connectivity index (χ2v) is 8.57. The number of aromatic amines is 1. The van der Waals surface area contributed by atoms with Crippen LogP contribution in [-0.4, -0.2) is 33.8 Å². The maximum Gasteiger partial charge on any atom is 0.249 e. The molecular formula is C20H19N5O3S. The average Bonchev–Trinajstić information content (AvgIpc) is 3.30. The van der Waals surface area contributed by atoms with Crippen molar-refractivity contribution in [3.05, 3.63) is 77.3 Å². The number of anilines is 1. The SMILES string of the molecule is Cc1ccccc1S(=O)(=O)N1Cc2n[nH]c(NC(=O)C=Cc3ccncc3)c2C1. The summed E-state index contributed by atoms with van der Waals surface area (Å²) < 4.78 is 27.4. The highest BCUT2D eigenvalue weighted by Crippen LogP contribution is 2.32. The van der Waals surface area contributed by atoms with Gasteiger partial charge < -0.3 is 5.32 Å². The fourth-order valence-corrected chi connectivity index (χ4v) is 4.77. The van der Waals surface area contributed by atoms with Gasteiger partial charge in [0.2, 0.25) is 15.9 Å². The molecule has 1 amide bonds. The molecule has 0 atom stereocenters. The van der Waals surface area contributed by atoms with E-state index in [4.69, 9.17) is 0 Å². The lowest BCUT2D eigenvalue weighted by Crippen LogP contribution is -2.27. The van der Waals surface area contributed by atoms with Crippen LogP contribution in [0.2, 0.25) is 0 Å². The van der Waals surface area contributed by atoms with Gasteiger partial charge in [-0.2, -0.15) is 9.40 Å². The number of H-pyrrole nitrogens is 1. The van der Waals surface area contributed by atoms with E-state index in [0.29, 0.717) is 22.6 Å². The topological polar surface area (TPSA) is 108 Å². The lowest BCUT2D eigenvalue weighted by Gasteiger charge is -2.17. The first-order valence-electron chi connectivity index (χ1n) is 8.96. The monoisotopic (exact) mass is 409 g/mol. The molecule has 1 aliphatic heterocycles. The molecule has 4 rings (SSSR count). The second kappa shape index (κ2) is 7.61. The molecule has 29 heavy (non-hydrogen) atoms. The van der Waals surface area contributed by atoms with Crippen molar-refractivity contribution < 1.29 is 13.2 Å². The Labute approximate surface area is 168 Å². The van der Waals surface area contributed by atoms with Crippen LogP contribution in [-0.2, 0) is 27.9 Å². The number of rotatable bonds is 5. The number of nitrogens with zero attached hydrogens (tertiary/aromatic N) is 3. The third-order valence-electron chi connectivity index (χ3n) is 4.71. The van der Waals surface area contributed by atoms with Crippen molar-refractivity contribution >= 4 is 27.8 Å². The van der Waals surface area contributed by atoms with Gasteiger partial charge in [0.1, 0.15) is 5.82 Å². The number of aryl methyl sites for hydroxylation is 1. The molecule has 3 aromatic rings. The Morgan fingerprint density at radius 2 is 1.93 bits per heavy atom. The first-order chi connectivity index (χ1) is 13.9. The summed E-state index contributed by atoms with van der Waals surface area (Å²) in [5, 5.41) is 9.69. The molecule has 0 saturated heterocycles. The van der Waals surface area contributed by atoms with Crippen molar-refractivity contribution in [3.63, 3.8) is 0 Å². The second-order valence-electron chi connectivity index (χ2n) is 6.67. The lowest BCUT2D eigenvalue weighted by molar-refractivity contribution is -0.111. The molecule has 8 nitrogen and oxygen atoms in total. The molecule has 0 radical (unpaired) electrons. The Balaban J connectivity index is 1.49. The van der Waals surface area contributed by atoms with Crippen LogP contribution in [0.25, 0.3) is 6.08 Å². The number of carbonyl (C=O) groups excluding carboxylic acids is 1. The van der Waals surface area contributed by atoms with Gasteiger partial charge in [0.15, 0.2) is 0 Å². The highest BCUT2D eigenvalue weighted by molar-refractivity contribution is 7.89. The van der Waals surface area contributed by atoms with Crippen LogP contribution in [0.15, 0.2) is 59.8 Å². The van der Waals surface area contributed by atoms with Crippen molar-refractivity contribution in [3.8, 4) is 0 Å². The minimum Gasteiger partial charge on any atom is -0.307 e. The minimum absolute atomic E-state index is 0.145. The number of carbonyl (C=O) groups is 1. The molecular weight excluding hydrogens is 390 g/mol. The van der Waals surface area contributed by atoms with E-state index in [2.05, 4.69) is 20.5 Å². The van der Waals surface area contributed by atoms with E-state index >= 15 is 0 Å². The molecule has 9 heteroatoms. The molecule has 1 aliphatic rings. The first kappa shape index (κ1) is 19.0. The lowest BCUT2D eigenvalue weighted by atomic mass is 10.2. The van der Waals surface area contributed by atoms with Crippen molar-refractivity contribution in [2.24, 2.45) is 0 Å². The standard InChI is InChI=1S/C20H19N5O3S/c1-14-4-2-3-5-18(14)29(27,28)25-12-16-17(13-25)23-24-20(16)22-19(26)7-6-15-8-10-21-11-9-15/h2-11H,12-13H2,1H3,(H2,22,23,24,26). The maximum absolute atomic E-state index is 13.0. The summed E-state index contributed by atoms with van der Waals surface area (Å²) in [5.74, 6) is 0.0698. The van der Waals surface area contributed by atoms with Gasteiger partial charge in [0.25, 0.3) is 0 Å². The summed E-state index contributed by atoms with van der Waals surface area (Å²) in [6.07, 6.45) is 6.35. The molecule has 0 bridgehead atoms. The van der Waals surface area contributed by atoms with E-state index in [1.165, 1.54) is 10.4 Å². The van der Waals surface area contributed by atoms with Gasteiger partial charge in [-0.25, -0.2) is 8.42 Å². The first-order valence-corrected chi connectivity index (χ1v) is 10.4. The number of pyridine rings is 1. The summed E-state index contributed by atoms with van der Waals surface area (Å²) in [7, 11) is -3.65. The minimum atomic E-state index is -3.65. The third kappa shape index (κ3) is 3.82. The number of aromatic nitrogens is 3. The molecule has 3 heterocycles. The zero-order chi connectivity index (χ0) is 20.4. The van der Waals surface area contributed by atoms with Crippen LogP contribution < -0.4 is 5.32 Å². The van der Waals surface area contributed by atoms with E-state index in [1.54, 1.807) is 61.8 Å². The van der Waals surface area contributed by atoms with Crippen molar-refractivity contribution in [1.29, 1.82) is 0 Å². The van der Waals surface area contributed by atoms with Gasteiger partial charge in [0.05, 0.1) is 17.1 Å². The fourth-order valence-electron chi connectivity index (χ4n) is 3.17. The Morgan fingerprint density at radius 3 is 2.69 bits per heavy atom. The molecule has 0 saturated carbocycles. The van der Waals surface area contributed by atoms with Gasteiger partial charge in [-0.1, -0.05) is 18.2 Å². The summed E-state index contributed by atoms with van der Waals surface area (Å²) in [4.78, 5) is 16.4. The zero-order valence-corrected chi connectivity index (χ0v) is 16.5. The van der Waals surface area contributed by atoms with Crippen LogP contribution in [0.4, 0.5) is 5.82 Å². The number of sulfonamides is 1. The van der Waals surface area contributed by atoms with Crippen LogP contribution in [0.3, 0.4) is 0 Å². The Hall–Kier alpha value is -3.30. The summed E-state index contributed by atoms with van der Waals surface area (Å²) in [6.45, 7) is 2.07. The fraction of sp³-hybridized carbons (Fsp3) is 0.150. The summed E-state index contributed by atoms with van der Waals surface area (Å²) in [5.41, 5.74) is 2.82. The van der Waals surface area contributed by atoms with E-state index in [1.807, 2.05) is 0 Å². The molecule has 0 aliphatic carbocycles. The molecule has 2 N–H and O–H groups in total. The van der Waals surface area contributed by atoms with Gasteiger partial charge in [0, 0.05) is 30.6 Å².